The van der Waals surface area contributed by atoms with Crippen LogP contribution in [0.4, 0.5) is 10.5 Å². The summed E-state index contributed by atoms with van der Waals surface area (Å²) in [4.78, 5) is 28.2. The topological polar surface area (TPSA) is 103 Å². The van der Waals surface area contributed by atoms with E-state index in [2.05, 4.69) is 15.6 Å². The third kappa shape index (κ3) is 6.23. The number of aryl methyl sites for hydroxylation is 1. The maximum Gasteiger partial charge on any atom is 0.319 e. The van der Waals surface area contributed by atoms with Gasteiger partial charge in [-0.25, -0.2) is 9.78 Å². The summed E-state index contributed by atoms with van der Waals surface area (Å²) < 4.78 is 16.2. The number of carbonyl (C=O) groups is 2. The number of esters is 1. The van der Waals surface area contributed by atoms with Crippen molar-refractivity contribution in [2.24, 2.45) is 0 Å². The van der Waals surface area contributed by atoms with Crippen molar-refractivity contribution < 1.29 is 23.5 Å². The van der Waals surface area contributed by atoms with E-state index in [-0.39, 0.29) is 12.0 Å². The Labute approximate surface area is 187 Å². The molecule has 8 nitrogen and oxygen atoms in total. The van der Waals surface area contributed by atoms with Gasteiger partial charge in [-0.2, -0.15) is 0 Å². The standard InChI is InChI=1S/C24H29N3O5/c1-4-31-22(28)8-6-5-7-13-25-24(29)27-19-15-17(10-12-20(19)30-3)23-26-18-11-9-16(2)14-21(18)32-23/h9-12,14-15H,4-8,13H2,1-3H3,(H2,25,27,29). The second-order valence-electron chi connectivity index (χ2n) is 7.40. The number of urea groups is 1. The zero-order valence-electron chi connectivity index (χ0n) is 18.7. The number of carbonyl (C=O) groups excluding carboxylic acids is 2. The number of methoxy groups -OCH3 is 1. The highest BCUT2D eigenvalue weighted by Crippen LogP contribution is 2.32. The van der Waals surface area contributed by atoms with Crippen molar-refractivity contribution in [1.82, 2.24) is 10.3 Å². The molecule has 0 spiro atoms. The van der Waals surface area contributed by atoms with E-state index in [0.717, 1.165) is 35.9 Å². The van der Waals surface area contributed by atoms with Gasteiger partial charge < -0.3 is 24.5 Å². The van der Waals surface area contributed by atoms with Gasteiger partial charge in [-0.1, -0.05) is 12.5 Å². The van der Waals surface area contributed by atoms with Crippen LogP contribution in [0.5, 0.6) is 5.75 Å². The first-order chi connectivity index (χ1) is 15.5. The van der Waals surface area contributed by atoms with E-state index in [0.29, 0.717) is 42.5 Å². The Kier molecular flexibility index (Phi) is 8.08. The third-order valence-corrected chi connectivity index (χ3v) is 4.89. The molecule has 0 fully saturated rings. The molecule has 0 unspecified atom stereocenters. The van der Waals surface area contributed by atoms with Crippen LogP contribution in [-0.4, -0.2) is 37.2 Å². The molecule has 0 aliphatic rings. The van der Waals surface area contributed by atoms with E-state index < -0.39 is 0 Å². The summed E-state index contributed by atoms with van der Waals surface area (Å²) >= 11 is 0. The molecule has 3 aromatic rings. The van der Waals surface area contributed by atoms with Crippen molar-refractivity contribution in [2.45, 2.75) is 39.5 Å². The van der Waals surface area contributed by atoms with Crippen molar-refractivity contribution in [2.75, 3.05) is 25.6 Å². The van der Waals surface area contributed by atoms with Gasteiger partial charge in [-0.15, -0.1) is 0 Å². The van der Waals surface area contributed by atoms with Crippen LogP contribution >= 0.6 is 0 Å². The summed E-state index contributed by atoms with van der Waals surface area (Å²) in [6, 6.07) is 10.9. The number of rotatable bonds is 10. The quantitative estimate of drug-likeness (QED) is 0.338. The highest BCUT2D eigenvalue weighted by atomic mass is 16.5. The Hall–Kier alpha value is -3.55. The lowest BCUT2D eigenvalue weighted by molar-refractivity contribution is -0.143. The van der Waals surface area contributed by atoms with Crippen LogP contribution in [0.2, 0.25) is 0 Å². The summed E-state index contributed by atoms with van der Waals surface area (Å²) in [7, 11) is 1.55. The molecule has 1 heterocycles. The fourth-order valence-corrected chi connectivity index (χ4v) is 3.27. The number of nitrogens with one attached hydrogen (secondary N) is 2. The highest BCUT2D eigenvalue weighted by Gasteiger charge is 2.13. The summed E-state index contributed by atoms with van der Waals surface area (Å²) in [5.41, 5.74) is 3.83. The van der Waals surface area contributed by atoms with Crippen molar-refractivity contribution >= 4 is 28.8 Å². The zero-order chi connectivity index (χ0) is 22.9. The van der Waals surface area contributed by atoms with Gasteiger partial charge in [0.2, 0.25) is 5.89 Å². The Morgan fingerprint density at radius 1 is 1.09 bits per heavy atom. The van der Waals surface area contributed by atoms with Crippen LogP contribution in [0, 0.1) is 6.92 Å². The Balaban J connectivity index is 1.57. The lowest BCUT2D eigenvalue weighted by Crippen LogP contribution is -2.29. The van der Waals surface area contributed by atoms with E-state index >= 15 is 0 Å². The number of unbranched alkanes of at least 4 members (excludes halogenated alkanes) is 2. The molecule has 8 heteroatoms. The summed E-state index contributed by atoms with van der Waals surface area (Å²) in [5, 5.41) is 5.64. The molecule has 2 aromatic carbocycles. The second-order valence-corrected chi connectivity index (χ2v) is 7.40. The molecule has 0 aliphatic heterocycles. The first-order valence-electron chi connectivity index (χ1n) is 10.8. The fourth-order valence-electron chi connectivity index (χ4n) is 3.27. The molecular weight excluding hydrogens is 410 g/mol. The smallest absolute Gasteiger partial charge is 0.319 e. The molecular formula is C24H29N3O5. The van der Waals surface area contributed by atoms with Gasteiger partial charge >= 0.3 is 12.0 Å². The second kappa shape index (κ2) is 11.2. The van der Waals surface area contributed by atoms with E-state index in [4.69, 9.17) is 13.9 Å². The van der Waals surface area contributed by atoms with Crippen LogP contribution in [0.25, 0.3) is 22.6 Å². The summed E-state index contributed by atoms with van der Waals surface area (Å²) in [5.74, 6) is 0.822. The number of anilines is 1. The molecule has 2 amide bonds. The Bertz CT molecular complexity index is 1080. The van der Waals surface area contributed by atoms with Crippen molar-refractivity contribution in [1.29, 1.82) is 0 Å². The first kappa shape index (κ1) is 23.1. The Morgan fingerprint density at radius 2 is 1.94 bits per heavy atom. The highest BCUT2D eigenvalue weighted by molar-refractivity contribution is 5.92. The number of oxazole rings is 1. The van der Waals surface area contributed by atoms with Crippen LogP contribution in [0.1, 0.15) is 38.2 Å². The van der Waals surface area contributed by atoms with Crippen LogP contribution in [0.15, 0.2) is 40.8 Å². The normalized spacial score (nSPS) is 10.7. The van der Waals surface area contributed by atoms with Crippen LogP contribution in [0.3, 0.4) is 0 Å². The van der Waals surface area contributed by atoms with Crippen LogP contribution in [-0.2, 0) is 9.53 Å². The lowest BCUT2D eigenvalue weighted by Gasteiger charge is -2.12. The summed E-state index contributed by atoms with van der Waals surface area (Å²) in [6.07, 6.45) is 2.74. The summed E-state index contributed by atoms with van der Waals surface area (Å²) in [6.45, 7) is 4.69. The lowest BCUT2D eigenvalue weighted by atomic mass is 10.2. The van der Waals surface area contributed by atoms with Gasteiger partial charge in [0.05, 0.1) is 19.4 Å². The van der Waals surface area contributed by atoms with Crippen molar-refractivity contribution in [3.05, 3.63) is 42.0 Å². The minimum atomic E-state index is -0.334. The number of ether oxygens (including phenoxy) is 2. The molecule has 170 valence electrons. The number of hydrogen-bond donors (Lipinski definition) is 2. The SMILES string of the molecule is CCOC(=O)CCCCCNC(=O)Nc1cc(-c2nc3ccc(C)cc3o2)ccc1OC. The monoisotopic (exact) mass is 439 g/mol. The molecule has 3 rings (SSSR count). The minimum Gasteiger partial charge on any atom is -0.495 e. The predicted molar refractivity (Wildman–Crippen MR) is 123 cm³/mol. The van der Waals surface area contributed by atoms with Crippen molar-refractivity contribution in [3.63, 3.8) is 0 Å². The number of aromatic nitrogens is 1. The maximum atomic E-state index is 12.3. The molecule has 1 aromatic heterocycles. The number of amides is 2. The van der Waals surface area contributed by atoms with Gasteiger partial charge in [-0.05, 0) is 62.6 Å². The average molecular weight is 440 g/mol. The van der Waals surface area contributed by atoms with Gasteiger partial charge in [0, 0.05) is 18.5 Å². The molecule has 0 aliphatic carbocycles. The van der Waals surface area contributed by atoms with E-state index in [1.165, 1.54) is 0 Å². The van der Waals surface area contributed by atoms with Crippen molar-refractivity contribution in [3.8, 4) is 17.2 Å². The predicted octanol–water partition coefficient (Wildman–Crippen LogP) is 5.06. The average Bonchev–Trinajstić information content (AvgIpc) is 3.19. The molecule has 0 saturated carbocycles. The number of fused-ring (bicyclic) bond motifs is 1. The van der Waals surface area contributed by atoms with E-state index in [9.17, 15) is 9.59 Å². The van der Waals surface area contributed by atoms with Crippen LogP contribution < -0.4 is 15.4 Å². The first-order valence-corrected chi connectivity index (χ1v) is 10.8. The van der Waals surface area contributed by atoms with Gasteiger partial charge in [-0.3, -0.25) is 4.79 Å². The number of hydrogen-bond acceptors (Lipinski definition) is 6. The minimum absolute atomic E-state index is 0.181. The molecule has 32 heavy (non-hydrogen) atoms. The van der Waals surface area contributed by atoms with E-state index in [1.807, 2.05) is 31.2 Å². The Morgan fingerprint density at radius 3 is 2.72 bits per heavy atom. The molecule has 2 N–H and O–H groups in total. The van der Waals surface area contributed by atoms with E-state index in [1.54, 1.807) is 26.2 Å². The largest absolute Gasteiger partial charge is 0.495 e. The maximum absolute atomic E-state index is 12.3. The molecule has 0 saturated heterocycles. The molecule has 0 atom stereocenters. The van der Waals surface area contributed by atoms with Gasteiger partial charge in [0.15, 0.2) is 5.58 Å². The molecule has 0 bridgehead atoms. The fraction of sp³-hybridized carbons (Fsp3) is 0.375. The van der Waals surface area contributed by atoms with Gasteiger partial charge in [0.25, 0.3) is 0 Å². The molecule has 0 radical (unpaired) electrons. The third-order valence-electron chi connectivity index (χ3n) is 4.89. The number of benzene rings is 2. The zero-order valence-corrected chi connectivity index (χ0v) is 18.7. The van der Waals surface area contributed by atoms with Gasteiger partial charge in [0.1, 0.15) is 11.3 Å². The number of nitrogens with zero attached hydrogens (tertiary/aromatic N) is 1.